The number of hydrogen-bond acceptors (Lipinski definition) is 4. The van der Waals surface area contributed by atoms with Crippen LogP contribution in [0.1, 0.15) is 18.4 Å². The average molecular weight is 264 g/mol. The average Bonchev–Trinajstić information content (AvgIpc) is 3.03. The van der Waals surface area contributed by atoms with Crippen molar-refractivity contribution in [3.05, 3.63) is 35.9 Å². The quantitative estimate of drug-likeness (QED) is 0.732. The molecule has 19 heavy (non-hydrogen) atoms. The van der Waals surface area contributed by atoms with Crippen molar-refractivity contribution in [1.82, 2.24) is 10.2 Å². The summed E-state index contributed by atoms with van der Waals surface area (Å²) in [6.07, 6.45) is 1.68. The Morgan fingerprint density at radius 2 is 1.89 bits per heavy atom. The number of nitrogens with one attached hydrogen (secondary N) is 1. The largest absolute Gasteiger partial charge is 0.392 e. The smallest absolute Gasteiger partial charge is 0.0679 e. The van der Waals surface area contributed by atoms with Gasteiger partial charge in [-0.1, -0.05) is 30.3 Å². The molecular weight excluding hydrogens is 240 g/mol. The fourth-order valence-corrected chi connectivity index (χ4v) is 2.44. The lowest BCUT2D eigenvalue weighted by Crippen LogP contribution is -2.21. The SMILES string of the molecule is OC1CCN(Cc2ccccc2)C1.OC1CCNC1. The molecule has 0 amide bonds. The number of aliphatic hydroxyl groups is 2. The molecule has 1 aromatic rings. The summed E-state index contributed by atoms with van der Waals surface area (Å²) in [6.45, 7) is 4.60. The first-order chi connectivity index (χ1) is 9.24. The number of likely N-dealkylation sites (tertiary alicyclic amines) is 1. The van der Waals surface area contributed by atoms with E-state index in [1.54, 1.807) is 0 Å². The van der Waals surface area contributed by atoms with Crippen LogP contribution < -0.4 is 5.32 Å². The predicted molar refractivity (Wildman–Crippen MR) is 75.8 cm³/mol. The monoisotopic (exact) mass is 264 g/mol. The minimum atomic E-state index is -0.108. The molecule has 0 aliphatic carbocycles. The van der Waals surface area contributed by atoms with E-state index >= 15 is 0 Å². The first kappa shape index (κ1) is 14.5. The second-order valence-corrected chi connectivity index (χ2v) is 5.31. The highest BCUT2D eigenvalue weighted by atomic mass is 16.3. The third kappa shape index (κ3) is 5.28. The van der Waals surface area contributed by atoms with E-state index in [2.05, 4.69) is 34.5 Å². The number of aliphatic hydroxyl groups excluding tert-OH is 2. The summed E-state index contributed by atoms with van der Waals surface area (Å²) in [6, 6.07) is 10.4. The molecule has 0 radical (unpaired) electrons. The number of β-amino-alcohol motifs (C(OH)–C–C–N with tert-alkyl or cyclic N) is 2. The third-order valence-corrected chi connectivity index (χ3v) is 3.53. The van der Waals surface area contributed by atoms with E-state index in [1.807, 2.05) is 6.07 Å². The lowest BCUT2D eigenvalue weighted by atomic mass is 10.2. The molecule has 0 bridgehead atoms. The van der Waals surface area contributed by atoms with Crippen molar-refractivity contribution in [3.63, 3.8) is 0 Å². The van der Waals surface area contributed by atoms with E-state index in [1.165, 1.54) is 5.56 Å². The van der Waals surface area contributed by atoms with E-state index in [0.29, 0.717) is 0 Å². The van der Waals surface area contributed by atoms with Crippen molar-refractivity contribution in [1.29, 1.82) is 0 Å². The van der Waals surface area contributed by atoms with Crippen LogP contribution in [0.4, 0.5) is 0 Å². The normalized spacial score (nSPS) is 27.1. The molecule has 4 heteroatoms. The van der Waals surface area contributed by atoms with Gasteiger partial charge in [0.2, 0.25) is 0 Å². The molecule has 2 unspecified atom stereocenters. The molecule has 2 aliphatic rings. The lowest BCUT2D eigenvalue weighted by Gasteiger charge is -2.14. The minimum absolute atomic E-state index is 0.0648. The molecule has 1 aromatic carbocycles. The topological polar surface area (TPSA) is 55.7 Å². The zero-order chi connectivity index (χ0) is 13.5. The number of nitrogens with zero attached hydrogens (tertiary/aromatic N) is 1. The van der Waals surface area contributed by atoms with Gasteiger partial charge in [-0.3, -0.25) is 4.90 Å². The summed E-state index contributed by atoms with van der Waals surface area (Å²) in [4.78, 5) is 2.29. The Balaban J connectivity index is 0.000000186. The van der Waals surface area contributed by atoms with Gasteiger partial charge in [-0.25, -0.2) is 0 Å². The second-order valence-electron chi connectivity index (χ2n) is 5.31. The van der Waals surface area contributed by atoms with Crippen LogP contribution in [0.2, 0.25) is 0 Å². The van der Waals surface area contributed by atoms with Gasteiger partial charge >= 0.3 is 0 Å². The Morgan fingerprint density at radius 1 is 1.11 bits per heavy atom. The summed E-state index contributed by atoms with van der Waals surface area (Å²) in [5.41, 5.74) is 1.33. The molecule has 106 valence electrons. The van der Waals surface area contributed by atoms with Crippen LogP contribution in [0.5, 0.6) is 0 Å². The van der Waals surface area contributed by atoms with Gasteiger partial charge < -0.3 is 15.5 Å². The van der Waals surface area contributed by atoms with Crippen molar-refractivity contribution in [2.45, 2.75) is 31.6 Å². The molecule has 2 heterocycles. The van der Waals surface area contributed by atoms with Crippen LogP contribution in [0.25, 0.3) is 0 Å². The fourth-order valence-electron chi connectivity index (χ4n) is 2.44. The van der Waals surface area contributed by atoms with Crippen LogP contribution in [-0.4, -0.2) is 53.5 Å². The van der Waals surface area contributed by atoms with Gasteiger partial charge in [0.25, 0.3) is 0 Å². The summed E-state index contributed by atoms with van der Waals surface area (Å²) >= 11 is 0. The fraction of sp³-hybridized carbons (Fsp3) is 0.600. The van der Waals surface area contributed by atoms with Crippen LogP contribution in [-0.2, 0) is 6.54 Å². The summed E-state index contributed by atoms with van der Waals surface area (Å²) in [5, 5.41) is 21.0. The van der Waals surface area contributed by atoms with Crippen LogP contribution in [0.15, 0.2) is 30.3 Å². The molecule has 2 aliphatic heterocycles. The Labute approximate surface area is 115 Å². The number of rotatable bonds is 2. The third-order valence-electron chi connectivity index (χ3n) is 3.53. The maximum Gasteiger partial charge on any atom is 0.0679 e. The molecule has 3 rings (SSSR count). The standard InChI is InChI=1S/C11H15NO.C4H9NO/c13-11-6-7-12(9-11)8-10-4-2-1-3-5-10;6-4-1-2-5-3-4/h1-5,11,13H,6-9H2;4-6H,1-3H2. The van der Waals surface area contributed by atoms with Gasteiger partial charge in [0.15, 0.2) is 0 Å². The maximum atomic E-state index is 9.34. The maximum absolute atomic E-state index is 9.34. The van der Waals surface area contributed by atoms with Gasteiger partial charge in [-0.2, -0.15) is 0 Å². The molecule has 0 spiro atoms. The molecule has 0 aromatic heterocycles. The summed E-state index contributed by atoms with van der Waals surface area (Å²) in [7, 11) is 0. The van der Waals surface area contributed by atoms with Gasteiger partial charge in [-0.05, 0) is 24.9 Å². The predicted octanol–water partition coefficient (Wildman–Crippen LogP) is 0.594. The zero-order valence-electron chi connectivity index (χ0n) is 11.3. The highest BCUT2D eigenvalue weighted by Crippen LogP contribution is 2.12. The molecule has 4 nitrogen and oxygen atoms in total. The summed E-state index contributed by atoms with van der Waals surface area (Å²) in [5.74, 6) is 0. The Morgan fingerprint density at radius 3 is 2.37 bits per heavy atom. The number of benzene rings is 1. The number of hydrogen-bond donors (Lipinski definition) is 3. The molecule has 2 atom stereocenters. The van der Waals surface area contributed by atoms with Crippen molar-refractivity contribution in [3.8, 4) is 0 Å². The van der Waals surface area contributed by atoms with E-state index in [-0.39, 0.29) is 12.2 Å². The zero-order valence-corrected chi connectivity index (χ0v) is 11.3. The second kappa shape index (κ2) is 7.60. The van der Waals surface area contributed by atoms with Gasteiger partial charge in [-0.15, -0.1) is 0 Å². The molecule has 2 fully saturated rings. The first-order valence-corrected chi connectivity index (χ1v) is 7.07. The van der Waals surface area contributed by atoms with Crippen molar-refractivity contribution < 1.29 is 10.2 Å². The van der Waals surface area contributed by atoms with Gasteiger partial charge in [0.1, 0.15) is 0 Å². The highest BCUT2D eigenvalue weighted by Gasteiger charge is 2.19. The Bertz CT molecular complexity index is 352. The Kier molecular flexibility index (Phi) is 5.79. The van der Waals surface area contributed by atoms with Crippen molar-refractivity contribution in [2.24, 2.45) is 0 Å². The molecular formula is C15H24N2O2. The lowest BCUT2D eigenvalue weighted by molar-refractivity contribution is 0.175. The minimum Gasteiger partial charge on any atom is -0.392 e. The van der Waals surface area contributed by atoms with Crippen molar-refractivity contribution >= 4 is 0 Å². The Hall–Kier alpha value is -0.940. The molecule has 0 saturated carbocycles. The van der Waals surface area contributed by atoms with Crippen molar-refractivity contribution in [2.75, 3.05) is 26.2 Å². The summed E-state index contributed by atoms with van der Waals surface area (Å²) < 4.78 is 0. The van der Waals surface area contributed by atoms with Gasteiger partial charge in [0, 0.05) is 26.2 Å². The molecule has 3 N–H and O–H groups in total. The van der Waals surface area contributed by atoms with Gasteiger partial charge in [0.05, 0.1) is 12.2 Å². The van der Waals surface area contributed by atoms with E-state index in [0.717, 1.165) is 45.6 Å². The molecule has 2 saturated heterocycles. The first-order valence-electron chi connectivity index (χ1n) is 7.07. The van der Waals surface area contributed by atoms with E-state index in [4.69, 9.17) is 5.11 Å². The van der Waals surface area contributed by atoms with E-state index in [9.17, 15) is 5.11 Å². The van der Waals surface area contributed by atoms with Crippen LogP contribution >= 0.6 is 0 Å². The van der Waals surface area contributed by atoms with Crippen LogP contribution in [0, 0.1) is 0 Å². The van der Waals surface area contributed by atoms with Crippen LogP contribution in [0.3, 0.4) is 0 Å². The highest BCUT2D eigenvalue weighted by molar-refractivity contribution is 5.14. The van der Waals surface area contributed by atoms with E-state index < -0.39 is 0 Å².